The normalized spacial score (nSPS) is 18.4. The van der Waals surface area contributed by atoms with Crippen molar-refractivity contribution in [2.45, 2.75) is 26.2 Å². The maximum Gasteiger partial charge on any atom is 0.188 e. The minimum absolute atomic E-state index is 0.190. The van der Waals surface area contributed by atoms with Gasteiger partial charge in [-0.25, -0.2) is 4.98 Å². The van der Waals surface area contributed by atoms with E-state index >= 15 is 0 Å². The lowest BCUT2D eigenvalue weighted by atomic mass is 9.89. The summed E-state index contributed by atoms with van der Waals surface area (Å²) in [5.41, 5.74) is 4.98. The molecule has 5 rings (SSSR count). The SMILES string of the molecule is C[C@@H]1CCC[C@H]1C(=O)c1ccc(-c2ccc(Nc3nc4ccc(Cl)cc4s3)cc2)cc1. The van der Waals surface area contributed by atoms with Crippen molar-refractivity contribution in [2.75, 3.05) is 5.32 Å². The fourth-order valence-corrected chi connectivity index (χ4v) is 5.56. The van der Waals surface area contributed by atoms with E-state index in [0.717, 1.165) is 49.2 Å². The number of carbonyl (C=O) groups excluding carboxylic acids is 1. The van der Waals surface area contributed by atoms with E-state index in [1.54, 1.807) is 11.3 Å². The van der Waals surface area contributed by atoms with E-state index in [-0.39, 0.29) is 5.92 Å². The summed E-state index contributed by atoms with van der Waals surface area (Å²) in [5.74, 6) is 0.989. The summed E-state index contributed by atoms with van der Waals surface area (Å²) in [6.07, 6.45) is 3.36. The fourth-order valence-electron chi connectivity index (χ4n) is 4.40. The van der Waals surface area contributed by atoms with Gasteiger partial charge >= 0.3 is 0 Å². The van der Waals surface area contributed by atoms with Gasteiger partial charge in [0.05, 0.1) is 10.2 Å². The first-order valence-corrected chi connectivity index (χ1v) is 11.8. The van der Waals surface area contributed by atoms with Crippen LogP contribution in [-0.4, -0.2) is 10.8 Å². The Morgan fingerprint density at radius 1 is 1.00 bits per heavy atom. The van der Waals surface area contributed by atoms with Crippen LogP contribution >= 0.6 is 22.9 Å². The van der Waals surface area contributed by atoms with Crippen LogP contribution in [0.25, 0.3) is 21.3 Å². The number of carbonyl (C=O) groups is 1. The summed E-state index contributed by atoms with van der Waals surface area (Å²) in [6, 6.07) is 22.0. The number of benzene rings is 3. The molecule has 0 aliphatic heterocycles. The number of Topliss-reactive ketones (excluding diaryl/α,β-unsaturated/α-hetero) is 1. The lowest BCUT2D eigenvalue weighted by Crippen LogP contribution is -2.17. The van der Waals surface area contributed by atoms with Gasteiger partial charge in [-0.2, -0.15) is 0 Å². The summed E-state index contributed by atoms with van der Waals surface area (Å²) < 4.78 is 1.06. The van der Waals surface area contributed by atoms with Gasteiger partial charge in [0.15, 0.2) is 10.9 Å². The van der Waals surface area contributed by atoms with Crippen molar-refractivity contribution in [2.24, 2.45) is 11.8 Å². The highest BCUT2D eigenvalue weighted by molar-refractivity contribution is 7.22. The van der Waals surface area contributed by atoms with Crippen LogP contribution in [0, 0.1) is 11.8 Å². The van der Waals surface area contributed by atoms with E-state index in [2.05, 4.69) is 29.4 Å². The molecule has 1 aromatic heterocycles. The second kappa shape index (κ2) is 8.45. The van der Waals surface area contributed by atoms with Crippen molar-refractivity contribution in [1.82, 2.24) is 4.98 Å². The molecule has 1 saturated carbocycles. The number of hydrogen-bond donors (Lipinski definition) is 1. The van der Waals surface area contributed by atoms with Gasteiger partial charge in [0.2, 0.25) is 0 Å². The molecule has 0 amide bonds. The molecular weight excluding hydrogens is 424 g/mol. The highest BCUT2D eigenvalue weighted by Gasteiger charge is 2.30. The fraction of sp³-hybridized carbons (Fsp3) is 0.231. The van der Waals surface area contributed by atoms with E-state index in [1.165, 1.54) is 12.8 Å². The highest BCUT2D eigenvalue weighted by atomic mass is 35.5. The van der Waals surface area contributed by atoms with Crippen LogP contribution in [-0.2, 0) is 0 Å². The van der Waals surface area contributed by atoms with Crippen LogP contribution in [0.4, 0.5) is 10.8 Å². The molecule has 0 spiro atoms. The first-order chi connectivity index (χ1) is 15.1. The Labute approximate surface area is 191 Å². The van der Waals surface area contributed by atoms with E-state index in [1.807, 2.05) is 54.6 Å². The van der Waals surface area contributed by atoms with Gasteiger partial charge in [0, 0.05) is 22.2 Å². The molecule has 4 aromatic rings. The maximum absolute atomic E-state index is 12.8. The monoisotopic (exact) mass is 446 g/mol. The Balaban J connectivity index is 1.29. The summed E-state index contributed by atoms with van der Waals surface area (Å²) in [6.45, 7) is 2.20. The quantitative estimate of drug-likeness (QED) is 0.316. The topological polar surface area (TPSA) is 42.0 Å². The molecule has 0 bridgehead atoms. The third-order valence-electron chi connectivity index (χ3n) is 6.19. The van der Waals surface area contributed by atoms with Crippen molar-refractivity contribution in [3.05, 3.63) is 77.3 Å². The Kier molecular flexibility index (Phi) is 5.51. The van der Waals surface area contributed by atoms with Gasteiger partial charge in [0.25, 0.3) is 0 Å². The second-order valence-electron chi connectivity index (χ2n) is 8.29. The van der Waals surface area contributed by atoms with Crippen LogP contribution in [0.15, 0.2) is 66.7 Å². The van der Waals surface area contributed by atoms with Gasteiger partial charge in [-0.15, -0.1) is 0 Å². The molecule has 3 nitrogen and oxygen atoms in total. The first kappa shape index (κ1) is 20.2. The largest absolute Gasteiger partial charge is 0.332 e. The van der Waals surface area contributed by atoms with Gasteiger partial charge < -0.3 is 5.32 Å². The van der Waals surface area contributed by atoms with E-state index < -0.39 is 0 Å². The number of anilines is 2. The van der Waals surface area contributed by atoms with Gasteiger partial charge in [0.1, 0.15) is 0 Å². The highest BCUT2D eigenvalue weighted by Crippen LogP contribution is 2.34. The molecule has 1 aliphatic carbocycles. The molecule has 156 valence electrons. The average molecular weight is 447 g/mol. The third kappa shape index (κ3) is 4.23. The number of rotatable bonds is 5. The van der Waals surface area contributed by atoms with E-state index in [0.29, 0.717) is 11.7 Å². The zero-order valence-corrected chi connectivity index (χ0v) is 18.8. The van der Waals surface area contributed by atoms with Gasteiger partial charge in [-0.3, -0.25) is 4.79 Å². The Morgan fingerprint density at radius 3 is 2.39 bits per heavy atom. The van der Waals surface area contributed by atoms with Crippen LogP contribution in [0.3, 0.4) is 0 Å². The number of nitrogens with one attached hydrogen (secondary N) is 1. The molecule has 2 atom stereocenters. The molecule has 1 fully saturated rings. The van der Waals surface area contributed by atoms with Crippen molar-refractivity contribution in [3.8, 4) is 11.1 Å². The number of thiazole rings is 1. The molecule has 5 heteroatoms. The summed E-state index contributed by atoms with van der Waals surface area (Å²) >= 11 is 7.65. The zero-order chi connectivity index (χ0) is 21.4. The summed E-state index contributed by atoms with van der Waals surface area (Å²) in [5, 5.41) is 4.93. The smallest absolute Gasteiger partial charge is 0.188 e. The van der Waals surface area contributed by atoms with Crippen molar-refractivity contribution < 1.29 is 4.79 Å². The predicted octanol–water partition coefficient (Wildman–Crippen LogP) is 7.98. The molecule has 1 aliphatic rings. The van der Waals surface area contributed by atoms with Gasteiger partial charge in [-0.05, 0) is 60.2 Å². The molecular formula is C26H23ClN2OS. The summed E-state index contributed by atoms with van der Waals surface area (Å²) in [7, 11) is 0. The third-order valence-corrected chi connectivity index (χ3v) is 7.36. The standard InChI is InChI=1S/C26H23ClN2OS/c1-16-3-2-4-22(16)25(30)19-7-5-17(6-8-19)18-9-12-21(13-10-18)28-26-29-23-14-11-20(27)15-24(23)31-26/h5-16,22H,2-4H2,1H3,(H,28,29)/t16-,22-/m1/s1. The van der Waals surface area contributed by atoms with Crippen molar-refractivity contribution in [1.29, 1.82) is 0 Å². The Bertz CT molecular complexity index is 1230. The lowest BCUT2D eigenvalue weighted by molar-refractivity contribution is 0.0897. The zero-order valence-electron chi connectivity index (χ0n) is 17.3. The van der Waals surface area contributed by atoms with Gasteiger partial charge in [-0.1, -0.05) is 72.7 Å². The lowest BCUT2D eigenvalue weighted by Gasteiger charge is -2.14. The molecule has 1 heterocycles. The molecule has 31 heavy (non-hydrogen) atoms. The summed E-state index contributed by atoms with van der Waals surface area (Å²) in [4.78, 5) is 17.4. The number of ketones is 1. The number of hydrogen-bond acceptors (Lipinski definition) is 4. The first-order valence-electron chi connectivity index (χ1n) is 10.6. The van der Waals surface area contributed by atoms with Crippen LogP contribution in [0.1, 0.15) is 36.5 Å². The van der Waals surface area contributed by atoms with Crippen molar-refractivity contribution in [3.63, 3.8) is 0 Å². The molecule has 0 radical (unpaired) electrons. The van der Waals surface area contributed by atoms with E-state index in [9.17, 15) is 4.79 Å². The van der Waals surface area contributed by atoms with Crippen LogP contribution < -0.4 is 5.32 Å². The number of fused-ring (bicyclic) bond motifs is 1. The molecule has 0 unspecified atom stereocenters. The Hall–Kier alpha value is -2.69. The number of aromatic nitrogens is 1. The Morgan fingerprint density at radius 2 is 1.71 bits per heavy atom. The molecule has 3 aromatic carbocycles. The molecule has 1 N–H and O–H groups in total. The van der Waals surface area contributed by atoms with Crippen LogP contribution in [0.5, 0.6) is 0 Å². The number of nitrogens with zero attached hydrogens (tertiary/aromatic N) is 1. The minimum atomic E-state index is 0.190. The maximum atomic E-state index is 12.8. The second-order valence-corrected chi connectivity index (χ2v) is 9.76. The van der Waals surface area contributed by atoms with Crippen molar-refractivity contribution >= 4 is 49.8 Å². The molecule has 0 saturated heterocycles. The minimum Gasteiger partial charge on any atom is -0.332 e. The average Bonchev–Trinajstić information content (AvgIpc) is 3.39. The predicted molar refractivity (Wildman–Crippen MR) is 131 cm³/mol. The van der Waals surface area contributed by atoms with Crippen LogP contribution in [0.2, 0.25) is 5.02 Å². The van der Waals surface area contributed by atoms with E-state index in [4.69, 9.17) is 11.6 Å². The number of halogens is 1.